The van der Waals surface area contributed by atoms with Crippen molar-refractivity contribution in [3.63, 3.8) is 0 Å². The highest BCUT2D eigenvalue weighted by Gasteiger charge is 2.19. The molecule has 9 nitrogen and oxygen atoms in total. The van der Waals surface area contributed by atoms with Crippen molar-refractivity contribution in [2.75, 3.05) is 68.2 Å². The lowest BCUT2D eigenvalue weighted by Gasteiger charge is -2.28. The van der Waals surface area contributed by atoms with Crippen molar-refractivity contribution < 1.29 is 29.2 Å². The van der Waals surface area contributed by atoms with Crippen molar-refractivity contribution in [1.29, 1.82) is 0 Å². The second kappa shape index (κ2) is 16.1. The Morgan fingerprint density at radius 2 is 0.844 bits per heavy atom. The number of phenols is 2. The molecule has 0 aliphatic carbocycles. The number of fused-ring (bicyclic) bond motifs is 3. The summed E-state index contributed by atoms with van der Waals surface area (Å²) in [5, 5.41) is 18.7. The Balaban J connectivity index is 0.000000154. The zero-order valence-corrected chi connectivity index (χ0v) is 28.1. The molecule has 0 saturated heterocycles. The second-order valence-electron chi connectivity index (χ2n) is 11.8. The van der Waals surface area contributed by atoms with Crippen molar-refractivity contribution in [2.24, 2.45) is 0 Å². The van der Waals surface area contributed by atoms with E-state index in [4.69, 9.17) is 18.9 Å². The molecule has 3 heterocycles. The van der Waals surface area contributed by atoms with E-state index in [0.29, 0.717) is 0 Å². The highest BCUT2D eigenvalue weighted by atomic mass is 16.5. The van der Waals surface area contributed by atoms with Gasteiger partial charge in [0.25, 0.3) is 0 Å². The summed E-state index contributed by atoms with van der Waals surface area (Å²) in [6.45, 7) is 12.6. The van der Waals surface area contributed by atoms with Gasteiger partial charge >= 0.3 is 0 Å². The Bertz CT molecular complexity index is 1430. The summed E-state index contributed by atoms with van der Waals surface area (Å²) < 4.78 is 21.2. The summed E-state index contributed by atoms with van der Waals surface area (Å²) >= 11 is 0. The molecular formula is C36H51N3O6. The van der Waals surface area contributed by atoms with Gasteiger partial charge in [-0.15, -0.1) is 0 Å². The van der Waals surface area contributed by atoms with Crippen LogP contribution in [0.2, 0.25) is 0 Å². The molecule has 6 rings (SSSR count). The number of aromatic hydroxyl groups is 2. The summed E-state index contributed by atoms with van der Waals surface area (Å²) in [6.07, 6.45) is 3.15. The average molecular weight is 622 g/mol. The van der Waals surface area contributed by atoms with Gasteiger partial charge in [0.05, 0.1) is 28.4 Å². The van der Waals surface area contributed by atoms with Crippen molar-refractivity contribution in [2.45, 2.75) is 52.7 Å². The molecule has 3 aromatic carbocycles. The first-order valence-electron chi connectivity index (χ1n) is 15.9. The molecule has 9 heteroatoms. The van der Waals surface area contributed by atoms with Crippen molar-refractivity contribution in [1.82, 2.24) is 14.7 Å². The summed E-state index contributed by atoms with van der Waals surface area (Å²) in [5.41, 5.74) is 7.78. The number of ether oxygens (including phenoxy) is 4. The van der Waals surface area contributed by atoms with Gasteiger partial charge in [0.2, 0.25) is 0 Å². The fraction of sp³-hybridized carbons (Fsp3) is 0.500. The molecule has 45 heavy (non-hydrogen) atoms. The first-order valence-corrected chi connectivity index (χ1v) is 15.9. The molecule has 0 spiro atoms. The Labute approximate surface area is 268 Å². The highest BCUT2D eigenvalue weighted by molar-refractivity contribution is 5.49. The first-order chi connectivity index (χ1) is 21.7. The monoisotopic (exact) mass is 621 g/mol. The van der Waals surface area contributed by atoms with E-state index in [9.17, 15) is 10.2 Å². The molecule has 3 aliphatic heterocycles. The van der Waals surface area contributed by atoms with Crippen LogP contribution in [-0.4, -0.2) is 93.1 Å². The third kappa shape index (κ3) is 8.54. The molecule has 3 aromatic rings. The van der Waals surface area contributed by atoms with E-state index in [2.05, 4.69) is 59.9 Å². The molecule has 246 valence electrons. The molecule has 0 unspecified atom stereocenters. The maximum Gasteiger partial charge on any atom is 0.161 e. The molecular weight excluding hydrogens is 570 g/mol. The molecule has 0 atom stereocenters. The van der Waals surface area contributed by atoms with Crippen molar-refractivity contribution in [3.05, 3.63) is 69.8 Å². The van der Waals surface area contributed by atoms with Crippen LogP contribution in [0, 0.1) is 0 Å². The minimum absolute atomic E-state index is 0.00583. The van der Waals surface area contributed by atoms with E-state index in [-0.39, 0.29) is 11.5 Å². The smallest absolute Gasteiger partial charge is 0.161 e. The van der Waals surface area contributed by atoms with Crippen LogP contribution in [0.1, 0.15) is 47.2 Å². The number of likely N-dealkylation sites (N-methyl/N-ethyl adjacent to an activating group) is 3. The van der Waals surface area contributed by atoms with Gasteiger partial charge < -0.3 is 34.1 Å². The summed E-state index contributed by atoms with van der Waals surface area (Å²) in [5.74, 6) is 3.31. The quantitative estimate of drug-likeness (QED) is 0.359. The van der Waals surface area contributed by atoms with Crippen LogP contribution in [0.5, 0.6) is 34.5 Å². The van der Waals surface area contributed by atoms with Crippen LogP contribution in [0.3, 0.4) is 0 Å². The number of rotatable bonds is 6. The van der Waals surface area contributed by atoms with E-state index >= 15 is 0 Å². The topological polar surface area (TPSA) is 87.1 Å². The first kappa shape index (κ1) is 34.2. The third-order valence-electron chi connectivity index (χ3n) is 8.99. The summed E-state index contributed by atoms with van der Waals surface area (Å²) in [4.78, 5) is 7.07. The van der Waals surface area contributed by atoms with E-state index < -0.39 is 0 Å². The molecule has 0 bridgehead atoms. The van der Waals surface area contributed by atoms with Crippen LogP contribution >= 0.6 is 0 Å². The zero-order valence-electron chi connectivity index (χ0n) is 28.1. The fourth-order valence-electron chi connectivity index (χ4n) is 6.15. The number of methoxy groups -OCH3 is 4. The lowest BCUT2D eigenvalue weighted by molar-refractivity contribution is 0.266. The maximum atomic E-state index is 9.37. The van der Waals surface area contributed by atoms with E-state index in [1.54, 1.807) is 40.6 Å². The Morgan fingerprint density at radius 1 is 0.511 bits per heavy atom. The number of benzene rings is 3. The van der Waals surface area contributed by atoms with Gasteiger partial charge in [-0.1, -0.05) is 13.8 Å². The number of phenolic OH excluding ortho intramolecular Hbond substituents is 2. The van der Waals surface area contributed by atoms with Gasteiger partial charge in [0.1, 0.15) is 0 Å². The standard InChI is InChI=1S/C13H19NO2.C12H17NO2.C11H15NO2/c1-4-14-6-5-10-7-12(15-2)13(16-3)8-11(10)9-14;1-13-5-4-9-6-11(14-2)12(15-3)7-10(9)8-13;1-2-12-4-3-8-5-10(13)11(14)6-9(8)7-12/h7-8H,4-6,9H2,1-3H3;6-7H,4-5,8H2,1-3H3;5-6,13-14H,2-4,7H2,1H3. The maximum absolute atomic E-state index is 9.37. The molecule has 0 saturated carbocycles. The van der Waals surface area contributed by atoms with Crippen LogP contribution in [-0.2, 0) is 38.9 Å². The normalized spacial score (nSPS) is 16.1. The molecule has 2 N–H and O–H groups in total. The number of hydrogen-bond donors (Lipinski definition) is 2. The third-order valence-corrected chi connectivity index (χ3v) is 8.99. The molecule has 3 aliphatic rings. The van der Waals surface area contributed by atoms with Crippen molar-refractivity contribution in [3.8, 4) is 34.5 Å². The Hall–Kier alpha value is -3.66. The van der Waals surface area contributed by atoms with E-state index in [1.165, 1.54) is 22.3 Å². The molecule has 0 radical (unpaired) electrons. The van der Waals surface area contributed by atoms with Gasteiger partial charge in [0.15, 0.2) is 34.5 Å². The average Bonchev–Trinajstić information content (AvgIpc) is 3.07. The summed E-state index contributed by atoms with van der Waals surface area (Å²) in [7, 11) is 8.87. The van der Waals surface area contributed by atoms with Crippen LogP contribution in [0.4, 0.5) is 0 Å². The Morgan fingerprint density at radius 3 is 1.27 bits per heavy atom. The van der Waals surface area contributed by atoms with Gasteiger partial charge in [-0.05, 0) is 109 Å². The van der Waals surface area contributed by atoms with Crippen LogP contribution in [0.15, 0.2) is 36.4 Å². The zero-order chi connectivity index (χ0) is 32.5. The predicted octanol–water partition coefficient (Wildman–Crippen LogP) is 5.25. The predicted molar refractivity (Wildman–Crippen MR) is 178 cm³/mol. The van der Waals surface area contributed by atoms with Crippen molar-refractivity contribution >= 4 is 0 Å². The van der Waals surface area contributed by atoms with Crippen LogP contribution in [0.25, 0.3) is 0 Å². The van der Waals surface area contributed by atoms with Gasteiger partial charge in [-0.2, -0.15) is 0 Å². The van der Waals surface area contributed by atoms with Gasteiger partial charge in [-0.25, -0.2) is 0 Å². The minimum Gasteiger partial charge on any atom is -0.504 e. The summed E-state index contributed by atoms with van der Waals surface area (Å²) in [6, 6.07) is 11.8. The SMILES string of the molecule is CCN1CCc2cc(O)c(O)cc2C1.CCN1CCc2cc(OC)c(OC)cc2C1.COc1cc2c(cc1OC)CN(C)CC2. The van der Waals surface area contributed by atoms with Gasteiger partial charge in [-0.3, -0.25) is 9.80 Å². The molecule has 0 fully saturated rings. The Kier molecular flexibility index (Phi) is 12.2. The largest absolute Gasteiger partial charge is 0.504 e. The lowest BCUT2D eigenvalue weighted by atomic mass is 9.99. The second-order valence-corrected chi connectivity index (χ2v) is 11.8. The van der Waals surface area contributed by atoms with E-state index in [0.717, 1.165) is 106 Å². The minimum atomic E-state index is -0.0123. The highest BCUT2D eigenvalue weighted by Crippen LogP contribution is 2.34. The van der Waals surface area contributed by atoms with Crippen LogP contribution < -0.4 is 18.9 Å². The lowest BCUT2D eigenvalue weighted by Crippen LogP contribution is -2.30. The number of nitrogens with zero attached hydrogens (tertiary/aromatic N) is 3. The number of hydrogen-bond acceptors (Lipinski definition) is 9. The molecule has 0 aromatic heterocycles. The molecule has 0 amide bonds. The van der Waals surface area contributed by atoms with Gasteiger partial charge in [0, 0.05) is 39.3 Å². The fourth-order valence-corrected chi connectivity index (χ4v) is 6.15. The van der Waals surface area contributed by atoms with E-state index in [1.807, 2.05) is 0 Å².